The van der Waals surface area contributed by atoms with Crippen molar-refractivity contribution < 1.29 is 14.3 Å². The molecular formula is C35H34N2O3. The molecule has 0 amide bonds. The minimum atomic E-state index is -1.06. The van der Waals surface area contributed by atoms with E-state index in [1.54, 1.807) is 24.3 Å². The van der Waals surface area contributed by atoms with E-state index in [9.17, 15) is 9.90 Å². The molecule has 5 nitrogen and oxygen atoms in total. The summed E-state index contributed by atoms with van der Waals surface area (Å²) in [5.74, 6) is -0.904. The second kappa shape index (κ2) is 10.9. The molecule has 0 saturated carbocycles. The van der Waals surface area contributed by atoms with E-state index in [1.165, 1.54) is 16.9 Å². The van der Waals surface area contributed by atoms with Gasteiger partial charge in [0, 0.05) is 39.8 Å². The highest BCUT2D eigenvalue weighted by atomic mass is 16.4. The van der Waals surface area contributed by atoms with Crippen molar-refractivity contribution in [2.75, 3.05) is 0 Å². The normalized spacial score (nSPS) is 13.4. The molecule has 40 heavy (non-hydrogen) atoms. The topological polar surface area (TPSA) is 98.1 Å². The van der Waals surface area contributed by atoms with Gasteiger partial charge in [0.05, 0.1) is 10.9 Å². The first-order valence-electron chi connectivity index (χ1n) is 13.8. The minimum absolute atomic E-state index is 0.0984. The van der Waals surface area contributed by atoms with Crippen LogP contribution in [0, 0.1) is 17.7 Å². The molecule has 3 aromatic carbocycles. The Morgan fingerprint density at radius 2 is 1.75 bits per heavy atom. The van der Waals surface area contributed by atoms with Crippen molar-refractivity contribution in [2.24, 2.45) is 0 Å². The van der Waals surface area contributed by atoms with Crippen molar-refractivity contribution >= 4 is 34.8 Å². The largest absolute Gasteiger partial charge is 0.478 e. The number of aromatic carboxylic acids is 1. The number of fused-ring (bicyclic) bond motifs is 2. The summed E-state index contributed by atoms with van der Waals surface area (Å²) in [7, 11) is 0. The average molecular weight is 531 g/mol. The van der Waals surface area contributed by atoms with E-state index in [-0.39, 0.29) is 11.3 Å². The number of benzene rings is 3. The van der Waals surface area contributed by atoms with Crippen molar-refractivity contribution in [3.05, 3.63) is 110 Å². The number of carboxylic acid groups (broad SMARTS) is 1. The average Bonchev–Trinajstić information content (AvgIpc) is 3.17. The van der Waals surface area contributed by atoms with Gasteiger partial charge in [-0.05, 0) is 65.9 Å². The van der Waals surface area contributed by atoms with Gasteiger partial charge in [-0.25, -0.2) is 4.79 Å². The predicted octanol–water partition coefficient (Wildman–Crippen LogP) is 6.62. The Labute approximate surface area is 233 Å². The van der Waals surface area contributed by atoms with Gasteiger partial charge in [-0.3, -0.25) is 5.41 Å². The predicted molar refractivity (Wildman–Crippen MR) is 161 cm³/mol. The molecule has 0 aliphatic heterocycles. The molecule has 0 saturated heterocycles. The molecule has 0 bridgehead atoms. The number of hydrogen-bond acceptors (Lipinski definition) is 4. The Bertz CT molecular complexity index is 1890. The molecule has 5 rings (SSSR count). The number of carboxylic acids is 1. The highest BCUT2D eigenvalue weighted by Gasteiger charge is 2.23. The van der Waals surface area contributed by atoms with Gasteiger partial charge < -0.3 is 14.9 Å². The highest BCUT2D eigenvalue weighted by Crippen LogP contribution is 2.32. The van der Waals surface area contributed by atoms with Crippen LogP contribution in [0.5, 0.6) is 0 Å². The van der Waals surface area contributed by atoms with Crippen LogP contribution in [0.25, 0.3) is 34.4 Å². The fourth-order valence-corrected chi connectivity index (χ4v) is 5.56. The van der Waals surface area contributed by atoms with Gasteiger partial charge >= 0.3 is 5.97 Å². The van der Waals surface area contributed by atoms with Crippen LogP contribution in [-0.2, 0) is 6.42 Å². The van der Waals surface area contributed by atoms with Crippen LogP contribution in [-0.4, -0.2) is 16.8 Å². The quantitative estimate of drug-likeness (QED) is 0.234. The number of allylic oxidation sites excluding steroid dienone is 2. The minimum Gasteiger partial charge on any atom is -0.478 e. The van der Waals surface area contributed by atoms with Gasteiger partial charge in [-0.2, -0.15) is 0 Å². The first-order chi connectivity index (χ1) is 19.2. The van der Waals surface area contributed by atoms with Crippen molar-refractivity contribution in [2.45, 2.75) is 52.9 Å². The smallest absolute Gasteiger partial charge is 0.336 e. The number of aryl methyl sites for hydroxylation is 2. The van der Waals surface area contributed by atoms with E-state index in [4.69, 9.17) is 15.2 Å². The molecule has 5 heteroatoms. The van der Waals surface area contributed by atoms with Crippen LogP contribution in [0.2, 0.25) is 0 Å². The Kier molecular flexibility index (Phi) is 7.40. The summed E-state index contributed by atoms with van der Waals surface area (Å²) in [6.45, 7) is 8.15. The summed E-state index contributed by atoms with van der Waals surface area (Å²) >= 11 is 0. The monoisotopic (exact) mass is 530 g/mol. The fourth-order valence-electron chi connectivity index (χ4n) is 5.56. The van der Waals surface area contributed by atoms with Crippen LogP contribution in [0.4, 0.5) is 0 Å². The third-order valence-corrected chi connectivity index (χ3v) is 7.81. The van der Waals surface area contributed by atoms with Crippen molar-refractivity contribution in [3.63, 3.8) is 0 Å². The lowest BCUT2D eigenvalue weighted by Gasteiger charge is -2.19. The molecule has 0 fully saturated rings. The molecular weight excluding hydrogens is 496 g/mol. The molecule has 202 valence electrons. The molecule has 1 aliphatic rings. The second-order valence-electron chi connectivity index (χ2n) is 10.4. The zero-order chi connectivity index (χ0) is 28.6. The van der Waals surface area contributed by atoms with E-state index >= 15 is 0 Å². The third-order valence-electron chi connectivity index (χ3n) is 7.81. The number of nitrogens with one attached hydrogen (secondary N) is 2. The van der Waals surface area contributed by atoms with Crippen molar-refractivity contribution in [1.29, 1.82) is 10.8 Å². The van der Waals surface area contributed by atoms with E-state index < -0.39 is 11.9 Å². The second-order valence-corrected chi connectivity index (χ2v) is 10.4. The van der Waals surface area contributed by atoms with E-state index in [2.05, 4.69) is 44.2 Å². The Hall–Kier alpha value is -4.51. The molecule has 0 spiro atoms. The van der Waals surface area contributed by atoms with E-state index in [0.717, 1.165) is 46.7 Å². The maximum Gasteiger partial charge on any atom is 0.336 e. The van der Waals surface area contributed by atoms with Crippen molar-refractivity contribution in [1.82, 2.24) is 0 Å². The number of rotatable bonds is 7. The zero-order valence-corrected chi connectivity index (χ0v) is 23.4. The van der Waals surface area contributed by atoms with Crippen LogP contribution in [0.3, 0.4) is 0 Å². The van der Waals surface area contributed by atoms with E-state index in [0.29, 0.717) is 27.7 Å². The molecule has 1 aliphatic carbocycles. The SMILES string of the molecule is CCC1=CCC=c2cc(CC)c(-c3cc(=N)c4cc(C)cc(C(C)C(=N)c5ccccc5C(=O)O)c4o3)cc2=C1. The first kappa shape index (κ1) is 27.1. The molecule has 1 aromatic heterocycles. The van der Waals surface area contributed by atoms with Crippen LogP contribution >= 0.6 is 0 Å². The third kappa shape index (κ3) is 4.95. The Morgan fingerprint density at radius 1 is 1.00 bits per heavy atom. The maximum absolute atomic E-state index is 11.9. The maximum atomic E-state index is 11.9. The van der Waals surface area contributed by atoms with Gasteiger partial charge in [0.1, 0.15) is 11.3 Å². The number of hydrogen-bond donors (Lipinski definition) is 3. The summed E-state index contributed by atoms with van der Waals surface area (Å²) in [5, 5.41) is 31.0. The lowest BCUT2D eigenvalue weighted by atomic mass is 9.87. The van der Waals surface area contributed by atoms with Crippen LogP contribution in [0.15, 0.2) is 70.7 Å². The first-order valence-corrected chi connectivity index (χ1v) is 13.8. The zero-order valence-electron chi connectivity index (χ0n) is 23.4. The summed E-state index contributed by atoms with van der Waals surface area (Å²) in [6.07, 6.45) is 9.45. The van der Waals surface area contributed by atoms with Gasteiger partial charge in [-0.15, -0.1) is 0 Å². The van der Waals surface area contributed by atoms with Gasteiger partial charge in [0.25, 0.3) is 0 Å². The van der Waals surface area contributed by atoms with Crippen molar-refractivity contribution in [3.8, 4) is 11.3 Å². The van der Waals surface area contributed by atoms with E-state index in [1.807, 2.05) is 26.0 Å². The Balaban J connectivity index is 1.72. The van der Waals surface area contributed by atoms with Gasteiger partial charge in [-0.1, -0.05) is 74.9 Å². The summed E-state index contributed by atoms with van der Waals surface area (Å²) < 4.78 is 6.65. The lowest BCUT2D eigenvalue weighted by molar-refractivity contribution is 0.0696. The Morgan fingerprint density at radius 3 is 2.45 bits per heavy atom. The molecule has 0 radical (unpaired) electrons. The number of carbonyl (C=O) groups is 1. The lowest BCUT2D eigenvalue weighted by Crippen LogP contribution is -2.25. The molecule has 1 atom stereocenters. The van der Waals surface area contributed by atoms with Crippen LogP contribution in [0.1, 0.15) is 72.1 Å². The summed E-state index contributed by atoms with van der Waals surface area (Å²) in [5.41, 5.74) is 6.35. The molecule has 1 heterocycles. The fraction of sp³-hybridized carbons (Fsp3) is 0.229. The molecule has 4 aromatic rings. The van der Waals surface area contributed by atoms with Gasteiger partial charge in [0.2, 0.25) is 0 Å². The summed E-state index contributed by atoms with van der Waals surface area (Å²) in [4.78, 5) is 11.9. The highest BCUT2D eigenvalue weighted by molar-refractivity contribution is 6.10. The molecule has 3 N–H and O–H groups in total. The standard InChI is InChI=1S/C35H34N2O3/c1-5-22-10-9-11-24-17-23(6-2)29(18-25(24)16-22)32-19-31(36)30-15-20(3)14-28(34(30)40-32)21(4)33(37)26-12-7-8-13-27(26)35(38)39/h7-8,10-19,21,36-37H,5-6,9H2,1-4H3,(H,38,39). The van der Waals surface area contributed by atoms with Gasteiger partial charge in [0.15, 0.2) is 0 Å². The summed E-state index contributed by atoms with van der Waals surface area (Å²) in [6, 6.07) is 16.7. The molecule has 1 unspecified atom stereocenters. The van der Waals surface area contributed by atoms with Crippen LogP contribution < -0.4 is 15.8 Å².